The second kappa shape index (κ2) is 4.28. The Labute approximate surface area is 98.3 Å². The minimum Gasteiger partial charge on any atom is -0.382 e. The van der Waals surface area contributed by atoms with E-state index in [1.54, 1.807) is 42.0 Å². The minimum absolute atomic E-state index is 0.0959. The van der Waals surface area contributed by atoms with E-state index in [9.17, 15) is 4.79 Å². The Hall–Kier alpha value is -2.31. The molecule has 3 N–H and O–H groups in total. The molecule has 2 rings (SSSR count). The van der Waals surface area contributed by atoms with Crippen LogP contribution in [0.25, 0.3) is 5.65 Å². The van der Waals surface area contributed by atoms with Crippen LogP contribution < -0.4 is 16.0 Å². The summed E-state index contributed by atoms with van der Waals surface area (Å²) in [6.07, 6.45) is 5.12. The van der Waals surface area contributed by atoms with Crippen molar-refractivity contribution in [3.63, 3.8) is 0 Å². The lowest BCUT2D eigenvalue weighted by Gasteiger charge is -2.17. The molecule has 7 heteroatoms. The monoisotopic (exact) mass is 234 g/mol. The molecule has 0 radical (unpaired) electrons. The fourth-order valence-electron chi connectivity index (χ4n) is 1.56. The van der Waals surface area contributed by atoms with E-state index in [4.69, 9.17) is 5.73 Å². The van der Waals surface area contributed by atoms with Crippen LogP contribution in [0, 0.1) is 0 Å². The Bertz CT molecular complexity index is 549. The summed E-state index contributed by atoms with van der Waals surface area (Å²) in [7, 11) is 3.36. The first-order valence-corrected chi connectivity index (χ1v) is 5.12. The number of nitrogen functional groups attached to an aromatic ring is 1. The van der Waals surface area contributed by atoms with Crippen LogP contribution in [0.15, 0.2) is 18.6 Å². The largest absolute Gasteiger partial charge is 0.382 e. The van der Waals surface area contributed by atoms with Gasteiger partial charge in [0.05, 0.1) is 12.7 Å². The van der Waals surface area contributed by atoms with Gasteiger partial charge in [0.15, 0.2) is 11.5 Å². The molecular weight excluding hydrogens is 220 g/mol. The molecule has 0 bridgehead atoms. The van der Waals surface area contributed by atoms with Crippen molar-refractivity contribution in [2.45, 2.75) is 0 Å². The molecule has 0 unspecified atom stereocenters. The molecule has 0 fully saturated rings. The van der Waals surface area contributed by atoms with Crippen molar-refractivity contribution in [2.24, 2.45) is 0 Å². The molecule has 0 aromatic carbocycles. The average Bonchev–Trinajstić information content (AvgIpc) is 2.75. The van der Waals surface area contributed by atoms with E-state index in [1.165, 1.54) is 0 Å². The minimum atomic E-state index is -0.0959. The zero-order valence-corrected chi connectivity index (χ0v) is 9.71. The molecule has 0 atom stereocenters. The topological polar surface area (TPSA) is 88.5 Å². The maximum Gasteiger partial charge on any atom is 0.239 e. The number of imidazole rings is 1. The molecule has 2 aromatic rings. The number of nitrogens with one attached hydrogen (secondary N) is 1. The molecule has 90 valence electrons. The summed E-state index contributed by atoms with van der Waals surface area (Å²) in [5, 5.41) is 2.56. The van der Waals surface area contributed by atoms with Gasteiger partial charge in [-0.3, -0.25) is 4.79 Å². The van der Waals surface area contributed by atoms with Crippen molar-refractivity contribution in [2.75, 3.05) is 31.3 Å². The molecule has 0 spiro atoms. The van der Waals surface area contributed by atoms with Gasteiger partial charge in [-0.2, -0.15) is 0 Å². The van der Waals surface area contributed by atoms with E-state index < -0.39 is 0 Å². The zero-order chi connectivity index (χ0) is 12.4. The number of hydrogen-bond donors (Lipinski definition) is 2. The maximum atomic E-state index is 11.3. The number of carbonyl (C=O) groups is 1. The van der Waals surface area contributed by atoms with Gasteiger partial charge in [-0.05, 0) is 0 Å². The molecule has 1 amide bonds. The Morgan fingerprint density at radius 3 is 3.12 bits per heavy atom. The first-order valence-electron chi connectivity index (χ1n) is 5.12. The van der Waals surface area contributed by atoms with Gasteiger partial charge in [0.1, 0.15) is 5.82 Å². The molecule has 2 aromatic heterocycles. The predicted octanol–water partition coefficient (Wildman–Crippen LogP) is -0.506. The number of nitrogens with two attached hydrogens (primary N) is 1. The molecule has 0 aliphatic rings. The standard InChI is InChI=1S/C10H14N6O/c1-12-8(17)6-15(2)10-9-13-3-4-16(9)5-7(11)14-10/h3-5H,6,11H2,1-2H3,(H,12,17). The van der Waals surface area contributed by atoms with E-state index >= 15 is 0 Å². The smallest absolute Gasteiger partial charge is 0.239 e. The SMILES string of the molecule is CNC(=O)CN(C)c1nc(N)cn2ccnc12. The van der Waals surface area contributed by atoms with Crippen molar-refractivity contribution < 1.29 is 4.79 Å². The molecule has 17 heavy (non-hydrogen) atoms. The third-order valence-corrected chi connectivity index (χ3v) is 2.40. The maximum absolute atomic E-state index is 11.3. The van der Waals surface area contributed by atoms with Crippen LogP contribution in [0.2, 0.25) is 0 Å². The summed E-state index contributed by atoms with van der Waals surface area (Å²) in [5.74, 6) is 0.870. The second-order valence-electron chi connectivity index (χ2n) is 3.68. The van der Waals surface area contributed by atoms with Crippen LogP contribution >= 0.6 is 0 Å². The van der Waals surface area contributed by atoms with Crippen LogP contribution in [0.1, 0.15) is 0 Å². The summed E-state index contributed by atoms with van der Waals surface area (Å²) in [5.41, 5.74) is 6.37. The highest BCUT2D eigenvalue weighted by Crippen LogP contribution is 2.17. The highest BCUT2D eigenvalue weighted by Gasteiger charge is 2.13. The van der Waals surface area contributed by atoms with Crippen molar-refractivity contribution in [1.29, 1.82) is 0 Å². The Morgan fingerprint density at radius 1 is 1.65 bits per heavy atom. The number of anilines is 2. The van der Waals surface area contributed by atoms with Crippen LogP contribution in [-0.2, 0) is 4.79 Å². The van der Waals surface area contributed by atoms with Gasteiger partial charge in [0, 0.05) is 26.5 Å². The lowest BCUT2D eigenvalue weighted by molar-refractivity contribution is -0.119. The number of carbonyl (C=O) groups excluding carboxylic acids is 1. The Kier molecular flexibility index (Phi) is 2.82. The van der Waals surface area contributed by atoms with E-state index in [-0.39, 0.29) is 12.5 Å². The molecule has 0 aliphatic carbocycles. The first kappa shape index (κ1) is 11.2. The van der Waals surface area contributed by atoms with E-state index in [0.717, 1.165) is 0 Å². The Balaban J connectivity index is 2.39. The number of rotatable bonds is 3. The summed E-state index contributed by atoms with van der Waals surface area (Å²) in [6, 6.07) is 0. The van der Waals surface area contributed by atoms with Crippen molar-refractivity contribution in [3.8, 4) is 0 Å². The zero-order valence-electron chi connectivity index (χ0n) is 9.71. The molecule has 7 nitrogen and oxygen atoms in total. The first-order chi connectivity index (χ1) is 8.11. The number of amides is 1. The predicted molar refractivity (Wildman–Crippen MR) is 64.7 cm³/mol. The van der Waals surface area contributed by atoms with Crippen LogP contribution in [0.4, 0.5) is 11.6 Å². The van der Waals surface area contributed by atoms with Gasteiger partial charge < -0.3 is 20.4 Å². The highest BCUT2D eigenvalue weighted by atomic mass is 16.1. The number of hydrogen-bond acceptors (Lipinski definition) is 5. The third kappa shape index (κ3) is 2.12. The quantitative estimate of drug-likeness (QED) is 0.747. The normalized spacial score (nSPS) is 10.5. The van der Waals surface area contributed by atoms with Crippen molar-refractivity contribution in [3.05, 3.63) is 18.6 Å². The Morgan fingerprint density at radius 2 is 2.41 bits per heavy atom. The van der Waals surface area contributed by atoms with Crippen molar-refractivity contribution in [1.82, 2.24) is 19.7 Å². The summed E-state index contributed by atoms with van der Waals surface area (Å²) >= 11 is 0. The number of nitrogens with zero attached hydrogens (tertiary/aromatic N) is 4. The van der Waals surface area contributed by atoms with Gasteiger partial charge in [-0.1, -0.05) is 0 Å². The highest BCUT2D eigenvalue weighted by molar-refractivity contribution is 5.82. The average molecular weight is 234 g/mol. The van der Waals surface area contributed by atoms with Gasteiger partial charge in [0.2, 0.25) is 5.91 Å². The van der Waals surface area contributed by atoms with Gasteiger partial charge in [-0.25, -0.2) is 9.97 Å². The van der Waals surface area contributed by atoms with Gasteiger partial charge >= 0.3 is 0 Å². The van der Waals surface area contributed by atoms with Crippen LogP contribution in [-0.4, -0.2) is 40.9 Å². The number of aromatic nitrogens is 3. The summed E-state index contributed by atoms with van der Waals surface area (Å²) in [6.45, 7) is 0.204. The van der Waals surface area contributed by atoms with Crippen LogP contribution in [0.3, 0.4) is 0 Å². The molecule has 0 saturated heterocycles. The van der Waals surface area contributed by atoms with Crippen LogP contribution in [0.5, 0.6) is 0 Å². The molecule has 2 heterocycles. The third-order valence-electron chi connectivity index (χ3n) is 2.40. The molecule has 0 aliphatic heterocycles. The van der Waals surface area contributed by atoms with Crippen molar-refractivity contribution >= 4 is 23.2 Å². The van der Waals surface area contributed by atoms with E-state index in [1.807, 2.05) is 0 Å². The second-order valence-corrected chi connectivity index (χ2v) is 3.68. The van der Waals surface area contributed by atoms with E-state index in [0.29, 0.717) is 17.3 Å². The molecule has 0 saturated carbocycles. The fourth-order valence-corrected chi connectivity index (χ4v) is 1.56. The summed E-state index contributed by atoms with van der Waals surface area (Å²) in [4.78, 5) is 21.4. The van der Waals surface area contributed by atoms with Gasteiger partial charge in [-0.15, -0.1) is 0 Å². The van der Waals surface area contributed by atoms with E-state index in [2.05, 4.69) is 15.3 Å². The fraction of sp³-hybridized carbons (Fsp3) is 0.300. The van der Waals surface area contributed by atoms with Gasteiger partial charge in [0.25, 0.3) is 0 Å². The number of likely N-dealkylation sites (N-methyl/N-ethyl adjacent to an activating group) is 2. The molecular formula is C10H14N6O. The lowest BCUT2D eigenvalue weighted by Crippen LogP contribution is -2.33. The number of fused-ring (bicyclic) bond motifs is 1. The summed E-state index contributed by atoms with van der Waals surface area (Å²) < 4.78 is 1.78. The lowest BCUT2D eigenvalue weighted by atomic mass is 10.4.